The summed E-state index contributed by atoms with van der Waals surface area (Å²) in [5.74, 6) is 0.875. The third kappa shape index (κ3) is 4.00. The number of rotatable bonds is 7. The van der Waals surface area contributed by atoms with Crippen LogP contribution in [0.25, 0.3) is 0 Å². The Balaban J connectivity index is 2.65. The lowest BCUT2D eigenvalue weighted by Crippen LogP contribution is -2.38. The molecular formula is C15H26N2O. The first kappa shape index (κ1) is 15.0. The Labute approximate surface area is 111 Å². The molecule has 2 unspecified atom stereocenters. The van der Waals surface area contributed by atoms with Crippen molar-refractivity contribution >= 4 is 0 Å². The van der Waals surface area contributed by atoms with E-state index in [2.05, 4.69) is 25.7 Å². The highest BCUT2D eigenvalue weighted by atomic mass is 16.5. The number of hydrogen-bond acceptors (Lipinski definition) is 3. The molecule has 1 aromatic carbocycles. The number of likely N-dealkylation sites (N-methyl/N-ethyl adjacent to an activating group) is 1. The van der Waals surface area contributed by atoms with Gasteiger partial charge in [-0.05, 0) is 37.6 Å². The minimum atomic E-state index is 0.0601. The summed E-state index contributed by atoms with van der Waals surface area (Å²) < 4.78 is 5.16. The number of nitrogens with zero attached hydrogens (tertiary/aromatic N) is 1. The highest BCUT2D eigenvalue weighted by Gasteiger charge is 2.15. The first-order valence-electron chi connectivity index (χ1n) is 6.75. The van der Waals surface area contributed by atoms with Gasteiger partial charge in [0.1, 0.15) is 5.75 Å². The van der Waals surface area contributed by atoms with Crippen molar-refractivity contribution < 1.29 is 4.74 Å². The Morgan fingerprint density at radius 2 is 1.83 bits per heavy atom. The van der Waals surface area contributed by atoms with Gasteiger partial charge in [0.25, 0.3) is 0 Å². The van der Waals surface area contributed by atoms with Crippen LogP contribution in [0, 0.1) is 0 Å². The Morgan fingerprint density at radius 3 is 2.28 bits per heavy atom. The highest BCUT2D eigenvalue weighted by molar-refractivity contribution is 5.29. The molecule has 1 rings (SSSR count). The van der Waals surface area contributed by atoms with Crippen molar-refractivity contribution in [1.82, 2.24) is 4.90 Å². The van der Waals surface area contributed by atoms with Gasteiger partial charge < -0.3 is 10.5 Å². The van der Waals surface area contributed by atoms with Gasteiger partial charge in [-0.1, -0.05) is 26.0 Å². The van der Waals surface area contributed by atoms with E-state index in [1.165, 1.54) is 0 Å². The number of nitrogens with two attached hydrogens (primary N) is 1. The van der Waals surface area contributed by atoms with Gasteiger partial charge in [0.05, 0.1) is 7.11 Å². The van der Waals surface area contributed by atoms with Gasteiger partial charge in [-0.25, -0.2) is 0 Å². The molecule has 0 spiro atoms. The van der Waals surface area contributed by atoms with Gasteiger partial charge in [0.15, 0.2) is 0 Å². The molecule has 0 aliphatic heterocycles. The first-order chi connectivity index (χ1) is 8.62. The Kier molecular flexibility index (Phi) is 6.16. The second kappa shape index (κ2) is 7.39. The van der Waals surface area contributed by atoms with Crippen LogP contribution < -0.4 is 10.5 Å². The molecule has 0 aromatic heterocycles. The van der Waals surface area contributed by atoms with Crippen LogP contribution in [0.5, 0.6) is 5.75 Å². The summed E-state index contributed by atoms with van der Waals surface area (Å²) in [5, 5.41) is 0. The van der Waals surface area contributed by atoms with Crippen molar-refractivity contribution in [2.75, 3.05) is 20.2 Å². The van der Waals surface area contributed by atoms with E-state index in [9.17, 15) is 0 Å². The Bertz CT molecular complexity index is 337. The molecule has 0 radical (unpaired) electrons. The summed E-state index contributed by atoms with van der Waals surface area (Å²) in [4.78, 5) is 2.43. The lowest BCUT2D eigenvalue weighted by molar-refractivity contribution is 0.202. The Morgan fingerprint density at radius 1 is 1.22 bits per heavy atom. The minimum Gasteiger partial charge on any atom is -0.497 e. The predicted molar refractivity (Wildman–Crippen MR) is 76.9 cm³/mol. The number of ether oxygens (including phenoxy) is 1. The van der Waals surface area contributed by atoms with E-state index in [4.69, 9.17) is 10.5 Å². The fourth-order valence-corrected chi connectivity index (χ4v) is 2.09. The number of hydrogen-bond donors (Lipinski definition) is 1. The molecule has 18 heavy (non-hydrogen) atoms. The SMILES string of the molecule is CCC(C)N(CC)CC(N)c1ccc(OC)cc1. The summed E-state index contributed by atoms with van der Waals surface area (Å²) in [6.45, 7) is 8.60. The molecule has 3 heteroatoms. The largest absolute Gasteiger partial charge is 0.497 e. The molecule has 2 atom stereocenters. The second-order valence-corrected chi connectivity index (χ2v) is 4.72. The van der Waals surface area contributed by atoms with Crippen LogP contribution in [0.15, 0.2) is 24.3 Å². The first-order valence-corrected chi connectivity index (χ1v) is 6.75. The summed E-state index contributed by atoms with van der Waals surface area (Å²) in [5.41, 5.74) is 7.44. The van der Waals surface area contributed by atoms with Crippen molar-refractivity contribution in [3.05, 3.63) is 29.8 Å². The molecule has 0 heterocycles. The molecule has 0 aliphatic carbocycles. The van der Waals surface area contributed by atoms with Crippen LogP contribution in [0.4, 0.5) is 0 Å². The normalized spacial score (nSPS) is 14.6. The van der Waals surface area contributed by atoms with Crippen LogP contribution in [0.3, 0.4) is 0 Å². The van der Waals surface area contributed by atoms with Gasteiger partial charge >= 0.3 is 0 Å². The average Bonchev–Trinajstić information content (AvgIpc) is 2.43. The zero-order valence-corrected chi connectivity index (χ0v) is 12.0. The summed E-state index contributed by atoms with van der Waals surface area (Å²) in [6.07, 6.45) is 1.16. The van der Waals surface area contributed by atoms with E-state index in [1.54, 1.807) is 7.11 Å². The van der Waals surface area contributed by atoms with E-state index in [0.29, 0.717) is 6.04 Å². The fraction of sp³-hybridized carbons (Fsp3) is 0.600. The number of benzene rings is 1. The molecule has 0 aliphatic rings. The summed E-state index contributed by atoms with van der Waals surface area (Å²) in [6, 6.07) is 8.68. The van der Waals surface area contributed by atoms with Gasteiger partial charge in [-0.15, -0.1) is 0 Å². The van der Waals surface area contributed by atoms with E-state index in [0.717, 1.165) is 30.8 Å². The molecule has 1 aromatic rings. The lowest BCUT2D eigenvalue weighted by atomic mass is 10.1. The monoisotopic (exact) mass is 250 g/mol. The van der Waals surface area contributed by atoms with E-state index in [-0.39, 0.29) is 6.04 Å². The maximum absolute atomic E-state index is 6.27. The van der Waals surface area contributed by atoms with E-state index in [1.807, 2.05) is 24.3 Å². The van der Waals surface area contributed by atoms with Crippen LogP contribution in [0.1, 0.15) is 38.8 Å². The molecule has 0 fully saturated rings. The maximum atomic E-state index is 6.27. The molecule has 0 saturated heterocycles. The van der Waals surface area contributed by atoms with Gasteiger partial charge in [0, 0.05) is 18.6 Å². The van der Waals surface area contributed by atoms with Crippen molar-refractivity contribution in [2.45, 2.75) is 39.3 Å². The van der Waals surface area contributed by atoms with Crippen LogP contribution in [-0.2, 0) is 0 Å². The quantitative estimate of drug-likeness (QED) is 0.808. The standard InChI is InChI=1S/C15H26N2O/c1-5-12(3)17(6-2)11-15(16)13-7-9-14(18-4)10-8-13/h7-10,12,15H,5-6,11,16H2,1-4H3. The van der Waals surface area contributed by atoms with Gasteiger partial charge in [-0.3, -0.25) is 4.90 Å². The third-order valence-corrected chi connectivity index (χ3v) is 3.60. The molecule has 0 bridgehead atoms. The molecule has 0 amide bonds. The highest BCUT2D eigenvalue weighted by Crippen LogP contribution is 2.18. The lowest BCUT2D eigenvalue weighted by Gasteiger charge is -2.29. The van der Waals surface area contributed by atoms with Crippen molar-refractivity contribution in [3.63, 3.8) is 0 Å². The van der Waals surface area contributed by atoms with Crippen LogP contribution >= 0.6 is 0 Å². The third-order valence-electron chi connectivity index (χ3n) is 3.60. The molecule has 102 valence electrons. The fourth-order valence-electron chi connectivity index (χ4n) is 2.09. The maximum Gasteiger partial charge on any atom is 0.118 e. The van der Waals surface area contributed by atoms with Crippen molar-refractivity contribution in [1.29, 1.82) is 0 Å². The molecule has 2 N–H and O–H groups in total. The van der Waals surface area contributed by atoms with E-state index >= 15 is 0 Å². The van der Waals surface area contributed by atoms with Crippen molar-refractivity contribution in [2.24, 2.45) is 5.73 Å². The van der Waals surface area contributed by atoms with Crippen molar-refractivity contribution in [3.8, 4) is 5.75 Å². The Hall–Kier alpha value is -1.06. The zero-order chi connectivity index (χ0) is 13.5. The summed E-state index contributed by atoms with van der Waals surface area (Å²) in [7, 11) is 1.68. The topological polar surface area (TPSA) is 38.5 Å². The number of methoxy groups -OCH3 is 1. The van der Waals surface area contributed by atoms with Crippen LogP contribution in [-0.4, -0.2) is 31.1 Å². The van der Waals surface area contributed by atoms with Gasteiger partial charge in [-0.2, -0.15) is 0 Å². The zero-order valence-electron chi connectivity index (χ0n) is 12.0. The molecular weight excluding hydrogens is 224 g/mol. The smallest absolute Gasteiger partial charge is 0.118 e. The predicted octanol–water partition coefficient (Wildman–Crippen LogP) is 2.82. The molecule has 0 saturated carbocycles. The van der Waals surface area contributed by atoms with Gasteiger partial charge in [0.2, 0.25) is 0 Å². The molecule has 3 nitrogen and oxygen atoms in total. The second-order valence-electron chi connectivity index (χ2n) is 4.72. The average molecular weight is 250 g/mol. The minimum absolute atomic E-state index is 0.0601. The van der Waals surface area contributed by atoms with E-state index < -0.39 is 0 Å². The summed E-state index contributed by atoms with van der Waals surface area (Å²) >= 11 is 0. The van der Waals surface area contributed by atoms with Crippen LogP contribution in [0.2, 0.25) is 0 Å².